The summed E-state index contributed by atoms with van der Waals surface area (Å²) >= 11 is 6.04. The number of hydrogen-bond donors (Lipinski definition) is 1. The number of nitrogens with zero attached hydrogens (tertiary/aromatic N) is 2. The number of Topliss-reactive ketones (excluding diaryl/α,β-unsaturated/α-hetero) is 1. The van der Waals surface area contributed by atoms with Crippen LogP contribution in [-0.4, -0.2) is 60.9 Å². The van der Waals surface area contributed by atoms with Crippen LogP contribution < -0.4 is 4.74 Å². The maximum atomic E-state index is 13.5. The summed E-state index contributed by atoms with van der Waals surface area (Å²) in [6.07, 6.45) is 0. The summed E-state index contributed by atoms with van der Waals surface area (Å²) in [7, 11) is 5.29. The first-order chi connectivity index (χ1) is 15.3. The average Bonchev–Trinajstić information content (AvgIpc) is 3.32. The molecule has 8 heteroatoms. The number of furan rings is 1. The summed E-state index contributed by atoms with van der Waals surface area (Å²) in [6, 6.07) is 13.0. The van der Waals surface area contributed by atoms with Gasteiger partial charge < -0.3 is 24.1 Å². The molecule has 0 bridgehead atoms. The van der Waals surface area contributed by atoms with Crippen LogP contribution in [0.3, 0.4) is 0 Å². The zero-order valence-corrected chi connectivity index (χ0v) is 18.7. The summed E-state index contributed by atoms with van der Waals surface area (Å²) < 4.78 is 11.1. The highest BCUT2D eigenvalue weighted by atomic mass is 35.5. The summed E-state index contributed by atoms with van der Waals surface area (Å²) in [5.41, 5.74) is 1.08. The first-order valence-corrected chi connectivity index (χ1v) is 10.4. The number of para-hydroxylation sites is 1. The molecule has 1 N–H and O–H groups in total. The van der Waals surface area contributed by atoms with Crippen molar-refractivity contribution < 1.29 is 23.8 Å². The summed E-state index contributed by atoms with van der Waals surface area (Å²) in [4.78, 5) is 29.9. The van der Waals surface area contributed by atoms with E-state index in [1.165, 1.54) is 12.0 Å². The molecule has 166 valence electrons. The fourth-order valence-electron chi connectivity index (χ4n) is 3.86. The number of benzene rings is 2. The molecule has 0 saturated heterocycles. The van der Waals surface area contributed by atoms with E-state index in [2.05, 4.69) is 0 Å². The number of fused-ring (bicyclic) bond motifs is 1. The Morgan fingerprint density at radius 1 is 1.22 bits per heavy atom. The number of carbonyl (C=O) groups excluding carboxylic acids is 2. The van der Waals surface area contributed by atoms with Crippen LogP contribution >= 0.6 is 11.6 Å². The number of aliphatic hydroxyl groups is 1. The van der Waals surface area contributed by atoms with E-state index >= 15 is 0 Å². The second kappa shape index (κ2) is 8.68. The van der Waals surface area contributed by atoms with Gasteiger partial charge in [0.2, 0.25) is 5.78 Å². The zero-order valence-electron chi connectivity index (χ0n) is 18.0. The minimum atomic E-state index is -0.762. The number of amides is 1. The Balaban J connectivity index is 1.79. The summed E-state index contributed by atoms with van der Waals surface area (Å²) in [5, 5.41) is 12.0. The van der Waals surface area contributed by atoms with Crippen molar-refractivity contribution in [3.05, 3.63) is 76.2 Å². The van der Waals surface area contributed by atoms with Gasteiger partial charge in [-0.1, -0.05) is 35.9 Å². The number of methoxy groups -OCH3 is 1. The van der Waals surface area contributed by atoms with Crippen molar-refractivity contribution in [2.45, 2.75) is 6.04 Å². The monoisotopic (exact) mass is 454 g/mol. The van der Waals surface area contributed by atoms with Gasteiger partial charge in [0, 0.05) is 23.5 Å². The lowest BCUT2D eigenvalue weighted by Gasteiger charge is -2.27. The molecule has 2 aromatic carbocycles. The fourth-order valence-corrected chi connectivity index (χ4v) is 3.98. The quantitative estimate of drug-likeness (QED) is 0.538. The van der Waals surface area contributed by atoms with Crippen LogP contribution in [0, 0.1) is 0 Å². The molecule has 1 atom stereocenters. The van der Waals surface area contributed by atoms with E-state index in [1.807, 2.05) is 19.0 Å². The smallest absolute Gasteiger partial charge is 0.290 e. The van der Waals surface area contributed by atoms with Gasteiger partial charge in [0.05, 0.1) is 18.7 Å². The van der Waals surface area contributed by atoms with Gasteiger partial charge in [0.25, 0.3) is 5.91 Å². The first kappa shape index (κ1) is 21.9. The van der Waals surface area contributed by atoms with E-state index in [4.69, 9.17) is 20.8 Å². The van der Waals surface area contributed by atoms with Crippen molar-refractivity contribution >= 4 is 34.3 Å². The fraction of sp³-hybridized carbons (Fsp3) is 0.250. The van der Waals surface area contributed by atoms with Crippen LogP contribution in [0.1, 0.15) is 22.2 Å². The van der Waals surface area contributed by atoms with Crippen LogP contribution in [0.25, 0.3) is 11.0 Å². The number of halogens is 1. The molecular formula is C24H23ClN2O5. The van der Waals surface area contributed by atoms with Gasteiger partial charge in [0.1, 0.15) is 0 Å². The number of carbonyl (C=O) groups is 2. The highest BCUT2D eigenvalue weighted by Crippen LogP contribution is 2.40. The Morgan fingerprint density at radius 3 is 2.59 bits per heavy atom. The molecule has 1 aliphatic rings. The minimum Gasteiger partial charge on any atom is -0.503 e. The highest BCUT2D eigenvalue weighted by molar-refractivity contribution is 6.30. The molecule has 0 radical (unpaired) electrons. The van der Waals surface area contributed by atoms with Gasteiger partial charge in [-0.3, -0.25) is 9.59 Å². The van der Waals surface area contributed by atoms with Crippen molar-refractivity contribution in [3.8, 4) is 5.75 Å². The Bertz CT molecular complexity index is 1210. The van der Waals surface area contributed by atoms with Gasteiger partial charge in [0.15, 0.2) is 22.9 Å². The van der Waals surface area contributed by atoms with Crippen LogP contribution in [0.15, 0.2) is 64.3 Å². The molecule has 1 amide bonds. The predicted octanol–water partition coefficient (Wildman–Crippen LogP) is 4.23. The number of rotatable bonds is 7. The summed E-state index contributed by atoms with van der Waals surface area (Å²) in [6.45, 7) is 0.889. The van der Waals surface area contributed by atoms with E-state index in [-0.39, 0.29) is 11.3 Å². The standard InChI is InChI=1S/C24H23ClN2O5/c1-26(2)11-12-27-20(14-7-9-16(25)10-8-14)19(22(29)24(27)30)21(28)18-13-15-5-4-6-17(31-3)23(15)32-18/h4-10,13,20,29H,11-12H2,1-3H3/t20-/m1/s1. The Kier molecular flexibility index (Phi) is 5.95. The molecule has 7 nitrogen and oxygen atoms in total. The largest absolute Gasteiger partial charge is 0.503 e. The third-order valence-corrected chi connectivity index (χ3v) is 5.73. The Morgan fingerprint density at radius 2 is 1.94 bits per heavy atom. The van der Waals surface area contributed by atoms with Gasteiger partial charge in [-0.05, 0) is 43.9 Å². The van der Waals surface area contributed by atoms with E-state index < -0.39 is 23.5 Å². The van der Waals surface area contributed by atoms with Gasteiger partial charge >= 0.3 is 0 Å². The van der Waals surface area contributed by atoms with Crippen molar-refractivity contribution in [2.75, 3.05) is 34.3 Å². The topological polar surface area (TPSA) is 83.2 Å². The third kappa shape index (κ3) is 3.85. The molecule has 4 rings (SSSR count). The number of ketones is 1. The van der Waals surface area contributed by atoms with Crippen LogP contribution in [0.2, 0.25) is 5.02 Å². The maximum absolute atomic E-state index is 13.5. The molecule has 0 saturated carbocycles. The van der Waals surface area contributed by atoms with Crippen LogP contribution in [-0.2, 0) is 4.79 Å². The van der Waals surface area contributed by atoms with E-state index in [1.54, 1.807) is 48.5 Å². The van der Waals surface area contributed by atoms with Crippen molar-refractivity contribution in [2.24, 2.45) is 0 Å². The molecule has 32 heavy (non-hydrogen) atoms. The number of likely N-dealkylation sites (N-methyl/N-ethyl adjacent to an activating group) is 1. The lowest BCUT2D eigenvalue weighted by atomic mass is 9.95. The molecule has 3 aromatic rings. The number of hydrogen-bond acceptors (Lipinski definition) is 6. The van der Waals surface area contributed by atoms with E-state index in [0.717, 1.165) is 0 Å². The first-order valence-electron chi connectivity index (χ1n) is 10.1. The van der Waals surface area contributed by atoms with Crippen LogP contribution in [0.5, 0.6) is 5.75 Å². The van der Waals surface area contributed by atoms with Crippen LogP contribution in [0.4, 0.5) is 0 Å². The SMILES string of the molecule is COc1cccc2cc(C(=O)C3=C(O)C(=O)N(CCN(C)C)[C@@H]3c3ccc(Cl)cc3)oc12. The predicted molar refractivity (Wildman–Crippen MR) is 121 cm³/mol. The van der Waals surface area contributed by atoms with Gasteiger partial charge in [-0.2, -0.15) is 0 Å². The Labute approximate surface area is 190 Å². The molecule has 0 spiro atoms. The molecule has 1 aromatic heterocycles. The molecule has 0 aliphatic carbocycles. The van der Waals surface area contributed by atoms with E-state index in [0.29, 0.717) is 40.4 Å². The van der Waals surface area contributed by atoms with Crippen molar-refractivity contribution in [3.63, 3.8) is 0 Å². The number of ether oxygens (including phenoxy) is 1. The van der Waals surface area contributed by atoms with Crippen molar-refractivity contribution in [1.82, 2.24) is 9.80 Å². The van der Waals surface area contributed by atoms with Crippen molar-refractivity contribution in [1.29, 1.82) is 0 Å². The van der Waals surface area contributed by atoms with Gasteiger partial charge in [-0.25, -0.2) is 0 Å². The normalized spacial score (nSPS) is 16.5. The maximum Gasteiger partial charge on any atom is 0.290 e. The summed E-state index contributed by atoms with van der Waals surface area (Å²) in [5.74, 6) is -1.21. The molecule has 1 aliphatic heterocycles. The zero-order chi connectivity index (χ0) is 23.0. The van der Waals surface area contributed by atoms with Gasteiger partial charge in [-0.15, -0.1) is 0 Å². The Hall–Kier alpha value is -3.29. The lowest BCUT2D eigenvalue weighted by Crippen LogP contribution is -2.36. The number of aliphatic hydroxyl groups excluding tert-OH is 1. The molecule has 0 fully saturated rings. The molecule has 2 heterocycles. The lowest BCUT2D eigenvalue weighted by molar-refractivity contribution is -0.129. The molecule has 0 unspecified atom stereocenters. The second-order valence-corrected chi connectivity index (χ2v) is 8.27. The second-order valence-electron chi connectivity index (χ2n) is 7.84. The molecular weight excluding hydrogens is 432 g/mol. The van der Waals surface area contributed by atoms with E-state index in [9.17, 15) is 14.7 Å². The minimum absolute atomic E-state index is 0.0194. The average molecular weight is 455 g/mol. The third-order valence-electron chi connectivity index (χ3n) is 5.47. The highest BCUT2D eigenvalue weighted by Gasteiger charge is 2.44.